The molecule has 0 radical (unpaired) electrons. The Morgan fingerprint density at radius 2 is 1.76 bits per heavy atom. The second kappa shape index (κ2) is 12.3. The zero-order chi connectivity index (χ0) is 23.6. The predicted octanol–water partition coefficient (Wildman–Crippen LogP) is 1.77. The van der Waals surface area contributed by atoms with Crippen molar-refractivity contribution in [3.63, 3.8) is 0 Å². The van der Waals surface area contributed by atoms with Crippen molar-refractivity contribution in [1.82, 2.24) is 19.8 Å². The highest BCUT2D eigenvalue weighted by molar-refractivity contribution is 5.96. The van der Waals surface area contributed by atoms with Gasteiger partial charge in [0, 0.05) is 45.0 Å². The summed E-state index contributed by atoms with van der Waals surface area (Å²) in [4.78, 5) is 39.6. The van der Waals surface area contributed by atoms with Crippen LogP contribution in [0.2, 0.25) is 0 Å². The fourth-order valence-electron chi connectivity index (χ4n) is 3.84. The number of hydrogen-bond donors (Lipinski definition) is 1. The lowest BCUT2D eigenvalue weighted by Crippen LogP contribution is -2.52. The molecule has 1 aromatic carbocycles. The van der Waals surface area contributed by atoms with Crippen molar-refractivity contribution in [3.05, 3.63) is 59.9 Å². The first kappa shape index (κ1) is 24.7. The van der Waals surface area contributed by atoms with Gasteiger partial charge in [-0.25, -0.2) is 9.97 Å². The molecule has 1 saturated heterocycles. The number of nitrogens with zero attached hydrogens (tertiary/aromatic N) is 5. The molecule has 0 spiro atoms. The van der Waals surface area contributed by atoms with E-state index in [-0.39, 0.29) is 11.8 Å². The molecule has 1 atom stereocenters. The molecule has 1 unspecified atom stereocenters. The van der Waals surface area contributed by atoms with E-state index >= 15 is 0 Å². The molecule has 1 N–H and O–H groups in total. The van der Waals surface area contributed by atoms with Crippen molar-refractivity contribution in [3.8, 4) is 0 Å². The fraction of sp³-hybridized carbons (Fsp3) is 0.440. The van der Waals surface area contributed by atoms with E-state index < -0.39 is 12.4 Å². The number of benzene rings is 1. The van der Waals surface area contributed by atoms with Crippen LogP contribution in [-0.4, -0.2) is 95.9 Å². The lowest BCUT2D eigenvalue weighted by atomic mass is 10.0. The molecule has 0 bridgehead atoms. The lowest BCUT2D eigenvalue weighted by Gasteiger charge is -2.37. The zero-order valence-electron chi connectivity index (χ0n) is 19.4. The standard InChI is InChI=1S/C25H33N5O3/c1-28(2)12-6-9-23(32)22(11-10-20-7-4-3-5-8-20)29-13-15-30(16-14-29)25-26-17-21(18-27-25)24(33)19-31/h3-5,7-8,10-11,17-18,22,31H,6,9,12-16,19H2,1-2H3/b11-10+. The minimum Gasteiger partial charge on any atom is -0.388 e. The molecule has 1 aliphatic rings. The Balaban J connectivity index is 1.65. The summed E-state index contributed by atoms with van der Waals surface area (Å²) in [5.41, 5.74) is 1.38. The van der Waals surface area contributed by atoms with Gasteiger partial charge in [0.25, 0.3) is 0 Å². The maximum absolute atomic E-state index is 13.1. The van der Waals surface area contributed by atoms with E-state index in [1.807, 2.05) is 56.6 Å². The van der Waals surface area contributed by atoms with E-state index in [1.165, 1.54) is 12.4 Å². The van der Waals surface area contributed by atoms with E-state index in [2.05, 4.69) is 24.7 Å². The van der Waals surface area contributed by atoms with E-state index in [4.69, 9.17) is 5.11 Å². The summed E-state index contributed by atoms with van der Waals surface area (Å²) in [6, 6.07) is 9.77. The normalized spacial score (nSPS) is 15.8. The van der Waals surface area contributed by atoms with Crippen LogP contribution < -0.4 is 4.90 Å². The Morgan fingerprint density at radius 3 is 2.36 bits per heavy atom. The zero-order valence-corrected chi connectivity index (χ0v) is 19.4. The minimum absolute atomic E-state index is 0.237. The first-order chi connectivity index (χ1) is 16.0. The lowest BCUT2D eigenvalue weighted by molar-refractivity contribution is -0.123. The van der Waals surface area contributed by atoms with Crippen LogP contribution in [0.15, 0.2) is 48.8 Å². The van der Waals surface area contributed by atoms with Crippen molar-refractivity contribution in [1.29, 1.82) is 0 Å². The summed E-state index contributed by atoms with van der Waals surface area (Å²) in [5.74, 6) is 0.394. The van der Waals surface area contributed by atoms with Gasteiger partial charge in [-0.15, -0.1) is 0 Å². The number of Topliss-reactive ketones (excluding diaryl/α,β-unsaturated/α-hetero) is 2. The number of aromatic nitrogens is 2. The molecule has 176 valence electrons. The van der Waals surface area contributed by atoms with Gasteiger partial charge in [0.1, 0.15) is 6.61 Å². The van der Waals surface area contributed by atoms with Crippen LogP contribution >= 0.6 is 0 Å². The Kier molecular flexibility index (Phi) is 9.24. The number of anilines is 1. The van der Waals surface area contributed by atoms with E-state index in [0.717, 1.165) is 18.5 Å². The topological polar surface area (TPSA) is 89.9 Å². The Morgan fingerprint density at radius 1 is 1.09 bits per heavy atom. The molecule has 3 rings (SSSR count). The maximum Gasteiger partial charge on any atom is 0.225 e. The second-order valence-corrected chi connectivity index (χ2v) is 8.46. The van der Waals surface area contributed by atoms with Crippen molar-refractivity contribution < 1.29 is 14.7 Å². The van der Waals surface area contributed by atoms with Crippen LogP contribution in [0.4, 0.5) is 5.95 Å². The first-order valence-corrected chi connectivity index (χ1v) is 11.3. The van der Waals surface area contributed by atoms with Crippen LogP contribution in [0.25, 0.3) is 6.08 Å². The average molecular weight is 452 g/mol. The van der Waals surface area contributed by atoms with E-state index in [1.54, 1.807) is 0 Å². The predicted molar refractivity (Wildman–Crippen MR) is 129 cm³/mol. The van der Waals surface area contributed by atoms with Crippen molar-refractivity contribution in [2.45, 2.75) is 18.9 Å². The molecule has 8 nitrogen and oxygen atoms in total. The summed E-state index contributed by atoms with van der Waals surface area (Å²) in [7, 11) is 4.04. The molecular formula is C25H33N5O3. The highest BCUT2D eigenvalue weighted by Crippen LogP contribution is 2.16. The van der Waals surface area contributed by atoms with Gasteiger partial charge in [-0.3, -0.25) is 14.5 Å². The van der Waals surface area contributed by atoms with Crippen LogP contribution in [0.1, 0.15) is 28.8 Å². The van der Waals surface area contributed by atoms with Gasteiger partial charge in [-0.1, -0.05) is 42.5 Å². The first-order valence-electron chi connectivity index (χ1n) is 11.3. The van der Waals surface area contributed by atoms with Crippen LogP contribution in [0, 0.1) is 0 Å². The number of hydrogen-bond acceptors (Lipinski definition) is 8. The van der Waals surface area contributed by atoms with Gasteiger partial charge < -0.3 is 14.9 Å². The molecule has 1 aromatic heterocycles. The number of aliphatic hydroxyl groups excluding tert-OH is 1. The molecule has 0 aliphatic carbocycles. The third-order valence-corrected chi connectivity index (χ3v) is 5.72. The Hall–Kier alpha value is -2.94. The second-order valence-electron chi connectivity index (χ2n) is 8.46. The average Bonchev–Trinajstić information content (AvgIpc) is 2.84. The smallest absolute Gasteiger partial charge is 0.225 e. The third-order valence-electron chi connectivity index (χ3n) is 5.72. The fourth-order valence-corrected chi connectivity index (χ4v) is 3.84. The van der Waals surface area contributed by atoms with Gasteiger partial charge in [-0.05, 0) is 32.6 Å². The molecule has 0 saturated carbocycles. The number of ketones is 2. The van der Waals surface area contributed by atoms with E-state index in [0.29, 0.717) is 44.1 Å². The molecule has 1 aliphatic heterocycles. The number of carbonyl (C=O) groups is 2. The highest BCUT2D eigenvalue weighted by atomic mass is 16.3. The summed E-state index contributed by atoms with van der Waals surface area (Å²) >= 11 is 0. The summed E-state index contributed by atoms with van der Waals surface area (Å²) in [6.45, 7) is 3.14. The largest absolute Gasteiger partial charge is 0.388 e. The van der Waals surface area contributed by atoms with Crippen molar-refractivity contribution >= 4 is 23.6 Å². The third kappa shape index (κ3) is 7.28. The number of carbonyl (C=O) groups excluding carboxylic acids is 2. The van der Waals surface area contributed by atoms with Crippen molar-refractivity contribution in [2.24, 2.45) is 0 Å². The molecule has 0 amide bonds. The minimum atomic E-state index is -0.554. The summed E-state index contributed by atoms with van der Waals surface area (Å²) in [6.07, 6.45) is 8.34. The number of rotatable bonds is 11. The monoisotopic (exact) mass is 451 g/mol. The molecule has 2 heterocycles. The van der Waals surface area contributed by atoms with Crippen LogP contribution in [0.3, 0.4) is 0 Å². The van der Waals surface area contributed by atoms with Gasteiger partial charge in [0.2, 0.25) is 5.95 Å². The van der Waals surface area contributed by atoms with Gasteiger partial charge in [-0.2, -0.15) is 0 Å². The van der Waals surface area contributed by atoms with Crippen molar-refractivity contribution in [2.75, 3.05) is 58.3 Å². The maximum atomic E-state index is 13.1. The molecular weight excluding hydrogens is 418 g/mol. The Bertz CT molecular complexity index is 923. The van der Waals surface area contributed by atoms with Gasteiger partial charge >= 0.3 is 0 Å². The summed E-state index contributed by atoms with van der Waals surface area (Å²) < 4.78 is 0. The number of piperazine rings is 1. The molecule has 1 fully saturated rings. The quantitative estimate of drug-likeness (QED) is 0.517. The molecule has 33 heavy (non-hydrogen) atoms. The van der Waals surface area contributed by atoms with E-state index in [9.17, 15) is 9.59 Å². The molecule has 2 aromatic rings. The molecule has 8 heteroatoms. The van der Waals surface area contributed by atoms with Gasteiger partial charge in [0.05, 0.1) is 11.6 Å². The Labute approximate surface area is 195 Å². The summed E-state index contributed by atoms with van der Waals surface area (Å²) in [5, 5.41) is 8.97. The highest BCUT2D eigenvalue weighted by Gasteiger charge is 2.27. The SMILES string of the molecule is CN(C)CCCC(=O)C(/C=C/c1ccccc1)N1CCN(c2ncc(C(=O)CO)cn2)CC1. The van der Waals surface area contributed by atoms with Crippen LogP contribution in [0.5, 0.6) is 0 Å². The van der Waals surface area contributed by atoms with Gasteiger partial charge in [0.15, 0.2) is 11.6 Å². The number of aliphatic hydroxyl groups is 1. The van der Waals surface area contributed by atoms with Crippen LogP contribution in [-0.2, 0) is 4.79 Å².